The Morgan fingerprint density at radius 3 is 2.83 bits per heavy atom. The minimum Gasteiger partial charge on any atom is -0.321 e. The number of nitrogens with two attached hydrogens (primary N) is 1. The van der Waals surface area contributed by atoms with Crippen LogP contribution in [0.25, 0.3) is 0 Å². The molecule has 1 aromatic rings. The van der Waals surface area contributed by atoms with E-state index >= 15 is 0 Å². The first-order valence-electron chi connectivity index (χ1n) is 5.84. The van der Waals surface area contributed by atoms with Gasteiger partial charge >= 0.3 is 0 Å². The molecule has 1 fully saturated rings. The zero-order valence-electron chi connectivity index (χ0n) is 10.5. The van der Waals surface area contributed by atoms with Crippen LogP contribution in [-0.4, -0.2) is 31.3 Å². The van der Waals surface area contributed by atoms with Crippen molar-refractivity contribution in [3.8, 4) is 0 Å². The van der Waals surface area contributed by atoms with E-state index in [1.54, 1.807) is 19.2 Å². The monoisotopic (exact) mass is 270 g/mol. The highest BCUT2D eigenvalue weighted by Gasteiger charge is 2.37. The number of hydrogen-bond donors (Lipinski definition) is 2. The lowest BCUT2D eigenvalue weighted by molar-refractivity contribution is 0.442. The molecule has 18 heavy (non-hydrogen) atoms. The number of anilines is 1. The van der Waals surface area contributed by atoms with Gasteiger partial charge < -0.3 is 5.43 Å². The number of rotatable bonds is 5. The van der Waals surface area contributed by atoms with E-state index in [0.717, 1.165) is 6.42 Å². The van der Waals surface area contributed by atoms with Crippen LogP contribution >= 0.6 is 0 Å². The van der Waals surface area contributed by atoms with Crippen LogP contribution < -0.4 is 11.3 Å². The van der Waals surface area contributed by atoms with Crippen molar-refractivity contribution in [2.24, 2.45) is 17.7 Å². The predicted octanol–water partition coefficient (Wildman–Crippen LogP) is 0.644. The van der Waals surface area contributed by atoms with E-state index in [0.29, 0.717) is 24.1 Å². The highest BCUT2D eigenvalue weighted by molar-refractivity contribution is 7.89. The van der Waals surface area contributed by atoms with Crippen LogP contribution in [-0.2, 0) is 10.0 Å². The maximum Gasteiger partial charge on any atom is 0.262 e. The molecule has 0 aromatic carbocycles. The lowest BCUT2D eigenvalue weighted by Gasteiger charge is -2.18. The summed E-state index contributed by atoms with van der Waals surface area (Å²) < 4.78 is 26.1. The normalized spacial score (nSPS) is 23.1. The van der Waals surface area contributed by atoms with Gasteiger partial charge in [-0.2, -0.15) is 4.31 Å². The fraction of sp³-hybridized carbons (Fsp3) is 0.545. The number of nitrogens with zero attached hydrogens (tertiary/aromatic N) is 2. The zero-order chi connectivity index (χ0) is 13.3. The molecule has 3 N–H and O–H groups in total. The van der Waals surface area contributed by atoms with Crippen molar-refractivity contribution in [1.82, 2.24) is 9.29 Å². The van der Waals surface area contributed by atoms with Gasteiger partial charge in [0.1, 0.15) is 0 Å². The van der Waals surface area contributed by atoms with E-state index in [1.165, 1.54) is 10.5 Å². The predicted molar refractivity (Wildman–Crippen MR) is 69.1 cm³/mol. The van der Waals surface area contributed by atoms with Crippen molar-refractivity contribution in [1.29, 1.82) is 0 Å². The molecule has 0 spiro atoms. The standard InChI is InChI=1S/C11H18N4O2S/c1-8-6-9(8)7-15(2)18(16,17)11-10(14-12)4-3-5-13-11/h3-5,8-9,14H,6-7,12H2,1-2H3. The Balaban J connectivity index is 2.24. The van der Waals surface area contributed by atoms with Crippen molar-refractivity contribution >= 4 is 15.7 Å². The number of hydrazine groups is 1. The number of sulfonamides is 1. The molecule has 1 heterocycles. The number of aromatic nitrogens is 1. The molecule has 1 aromatic heterocycles. The van der Waals surface area contributed by atoms with Gasteiger partial charge in [-0.25, -0.2) is 13.4 Å². The molecule has 0 bridgehead atoms. The maximum absolute atomic E-state index is 12.3. The quantitative estimate of drug-likeness (QED) is 0.605. The molecule has 0 aliphatic heterocycles. The fourth-order valence-electron chi connectivity index (χ4n) is 1.94. The third-order valence-corrected chi connectivity index (χ3v) is 5.13. The minimum absolute atomic E-state index is 0.0247. The molecule has 7 heteroatoms. The fourth-order valence-corrected chi connectivity index (χ4v) is 3.22. The van der Waals surface area contributed by atoms with Crippen LogP contribution in [0, 0.1) is 11.8 Å². The highest BCUT2D eigenvalue weighted by atomic mass is 32.2. The smallest absolute Gasteiger partial charge is 0.262 e. The van der Waals surface area contributed by atoms with Gasteiger partial charge in [-0.1, -0.05) is 6.92 Å². The van der Waals surface area contributed by atoms with Crippen molar-refractivity contribution in [2.75, 3.05) is 19.0 Å². The Hall–Kier alpha value is -1.18. The maximum atomic E-state index is 12.3. The van der Waals surface area contributed by atoms with E-state index in [-0.39, 0.29) is 5.03 Å². The average Bonchev–Trinajstić information content (AvgIpc) is 3.04. The van der Waals surface area contributed by atoms with Gasteiger partial charge in [0.25, 0.3) is 10.0 Å². The summed E-state index contributed by atoms with van der Waals surface area (Å²) in [5.41, 5.74) is 2.68. The van der Waals surface area contributed by atoms with Gasteiger partial charge in [0.05, 0.1) is 5.69 Å². The van der Waals surface area contributed by atoms with Crippen LogP contribution in [0.5, 0.6) is 0 Å². The molecular weight excluding hydrogens is 252 g/mol. The van der Waals surface area contributed by atoms with Gasteiger partial charge in [-0.15, -0.1) is 0 Å². The second-order valence-electron chi connectivity index (χ2n) is 4.76. The number of pyridine rings is 1. The molecule has 1 aliphatic rings. The molecule has 0 radical (unpaired) electrons. The summed E-state index contributed by atoms with van der Waals surface area (Å²) in [4.78, 5) is 3.92. The first-order chi connectivity index (χ1) is 8.46. The van der Waals surface area contributed by atoms with E-state index < -0.39 is 10.0 Å². The van der Waals surface area contributed by atoms with Crippen molar-refractivity contribution < 1.29 is 8.42 Å². The van der Waals surface area contributed by atoms with Crippen molar-refractivity contribution in [3.05, 3.63) is 18.3 Å². The van der Waals surface area contributed by atoms with Crippen LogP contribution in [0.2, 0.25) is 0 Å². The molecule has 6 nitrogen and oxygen atoms in total. The molecule has 1 aliphatic carbocycles. The van der Waals surface area contributed by atoms with Crippen LogP contribution in [0.1, 0.15) is 13.3 Å². The Bertz CT molecular complexity index is 532. The lowest BCUT2D eigenvalue weighted by atomic mass is 10.3. The van der Waals surface area contributed by atoms with E-state index in [2.05, 4.69) is 17.3 Å². The van der Waals surface area contributed by atoms with E-state index in [4.69, 9.17) is 5.84 Å². The second-order valence-corrected chi connectivity index (χ2v) is 6.72. The number of nitrogen functional groups attached to an aromatic ring is 1. The Labute approximate surface area is 107 Å². The van der Waals surface area contributed by atoms with Crippen LogP contribution in [0.4, 0.5) is 5.69 Å². The van der Waals surface area contributed by atoms with Crippen LogP contribution in [0.3, 0.4) is 0 Å². The third-order valence-electron chi connectivity index (χ3n) is 3.35. The molecule has 2 rings (SSSR count). The molecule has 2 unspecified atom stereocenters. The molecule has 0 amide bonds. The van der Waals surface area contributed by atoms with Gasteiger partial charge in [0.2, 0.25) is 0 Å². The summed E-state index contributed by atoms with van der Waals surface area (Å²) in [6.45, 7) is 2.66. The zero-order valence-corrected chi connectivity index (χ0v) is 11.3. The minimum atomic E-state index is -3.58. The molecule has 0 saturated heterocycles. The molecule has 100 valence electrons. The van der Waals surface area contributed by atoms with Crippen molar-refractivity contribution in [2.45, 2.75) is 18.4 Å². The summed E-state index contributed by atoms with van der Waals surface area (Å²) in [5.74, 6) is 6.38. The Morgan fingerprint density at radius 1 is 1.61 bits per heavy atom. The summed E-state index contributed by atoms with van der Waals surface area (Å²) in [6.07, 6.45) is 2.53. The Kier molecular flexibility index (Phi) is 3.56. The van der Waals surface area contributed by atoms with Gasteiger partial charge in [0, 0.05) is 19.8 Å². The first kappa shape index (κ1) is 13.3. The van der Waals surface area contributed by atoms with Crippen molar-refractivity contribution in [3.63, 3.8) is 0 Å². The Morgan fingerprint density at radius 2 is 2.28 bits per heavy atom. The second kappa shape index (κ2) is 4.83. The first-order valence-corrected chi connectivity index (χ1v) is 7.28. The lowest BCUT2D eigenvalue weighted by Crippen LogP contribution is -2.31. The van der Waals surface area contributed by atoms with Gasteiger partial charge in [0.15, 0.2) is 5.03 Å². The highest BCUT2D eigenvalue weighted by Crippen LogP contribution is 2.38. The number of hydrogen-bond acceptors (Lipinski definition) is 5. The third kappa shape index (κ3) is 2.47. The summed E-state index contributed by atoms with van der Waals surface area (Å²) in [5, 5.41) is -0.0247. The van der Waals surface area contributed by atoms with Crippen LogP contribution in [0.15, 0.2) is 23.4 Å². The summed E-state index contributed by atoms with van der Waals surface area (Å²) in [6, 6.07) is 3.23. The number of nitrogens with one attached hydrogen (secondary N) is 1. The van der Waals surface area contributed by atoms with E-state index in [1.807, 2.05) is 0 Å². The van der Waals surface area contributed by atoms with Gasteiger partial charge in [-0.3, -0.25) is 5.84 Å². The molecule has 1 saturated carbocycles. The molecular formula is C11H18N4O2S. The largest absolute Gasteiger partial charge is 0.321 e. The summed E-state index contributed by atoms with van der Waals surface area (Å²) >= 11 is 0. The summed E-state index contributed by atoms with van der Waals surface area (Å²) in [7, 11) is -2.00. The topological polar surface area (TPSA) is 88.3 Å². The van der Waals surface area contributed by atoms with Gasteiger partial charge in [-0.05, 0) is 30.4 Å². The molecule has 2 atom stereocenters. The average molecular weight is 270 g/mol. The SMILES string of the molecule is CC1CC1CN(C)S(=O)(=O)c1ncccc1NN. The van der Waals surface area contributed by atoms with E-state index in [9.17, 15) is 8.42 Å².